The van der Waals surface area contributed by atoms with E-state index < -0.39 is 0 Å². The van der Waals surface area contributed by atoms with Crippen LogP contribution >= 0.6 is 0 Å². The van der Waals surface area contributed by atoms with Gasteiger partial charge in [0.15, 0.2) is 5.82 Å². The van der Waals surface area contributed by atoms with Gasteiger partial charge in [0.25, 0.3) is 0 Å². The quantitative estimate of drug-likeness (QED) is 0.176. The Hall–Kier alpha value is -5.74. The first-order valence-corrected chi connectivity index (χ1v) is 16.2. The van der Waals surface area contributed by atoms with Crippen LogP contribution in [-0.4, -0.2) is 9.97 Å². The molecular weight excluding hydrogens is 585 g/mol. The van der Waals surface area contributed by atoms with Gasteiger partial charge in [0.05, 0.1) is 34.9 Å². The average molecular weight is 629 g/mol. The van der Waals surface area contributed by atoms with Gasteiger partial charge >= 0.3 is 0 Å². The minimum Gasteiger partial charge on any atom is -0.309 e. The summed E-state index contributed by atoms with van der Waals surface area (Å²) >= 11 is 0. The van der Waals surface area contributed by atoms with Crippen molar-refractivity contribution < 1.29 is 5.48 Å². The van der Waals surface area contributed by atoms with Gasteiger partial charge in [-0.25, -0.2) is 4.98 Å². The third-order valence-electron chi connectivity index (χ3n) is 8.66. The van der Waals surface area contributed by atoms with Crippen molar-refractivity contribution in [1.29, 1.82) is 0 Å². The van der Waals surface area contributed by atoms with Crippen LogP contribution in [0.25, 0.3) is 22.0 Å². The van der Waals surface area contributed by atoms with Gasteiger partial charge in [-0.3, -0.25) is 9.88 Å². The van der Waals surface area contributed by atoms with Crippen molar-refractivity contribution in [2.24, 2.45) is 0 Å². The lowest BCUT2D eigenvalue weighted by atomic mass is 9.98. The molecule has 0 amide bonds. The van der Waals surface area contributed by atoms with Gasteiger partial charge < -0.3 is 4.90 Å². The fraction of sp³-hybridized carbons (Fsp3) is 0.136. The molecule has 0 bridgehead atoms. The summed E-state index contributed by atoms with van der Waals surface area (Å²) in [6.07, 6.45) is 3.60. The molecule has 6 aromatic carbocycles. The highest BCUT2D eigenvalue weighted by Crippen LogP contribution is 2.44. The van der Waals surface area contributed by atoms with Gasteiger partial charge in [-0.15, -0.1) is 0 Å². The van der Waals surface area contributed by atoms with Crippen LogP contribution in [0.15, 0.2) is 134 Å². The zero-order valence-corrected chi connectivity index (χ0v) is 28.2. The van der Waals surface area contributed by atoms with Gasteiger partial charge in [-0.05, 0) is 111 Å². The predicted molar refractivity (Wildman–Crippen MR) is 203 cm³/mol. The van der Waals surface area contributed by atoms with E-state index in [1.165, 1.54) is 0 Å². The van der Waals surface area contributed by atoms with Crippen molar-refractivity contribution in [3.8, 4) is 11.3 Å². The molecule has 48 heavy (non-hydrogen) atoms. The van der Waals surface area contributed by atoms with Gasteiger partial charge in [0.2, 0.25) is 0 Å². The fourth-order valence-electron chi connectivity index (χ4n) is 6.70. The zero-order valence-electron chi connectivity index (χ0n) is 32.2. The molecule has 0 atom stereocenters. The number of rotatable bonds is 7. The molecule has 7 aromatic rings. The third-order valence-corrected chi connectivity index (χ3v) is 8.66. The van der Waals surface area contributed by atoms with E-state index in [4.69, 9.17) is 15.5 Å². The Morgan fingerprint density at radius 1 is 0.479 bits per heavy atom. The second-order valence-electron chi connectivity index (χ2n) is 12.3. The van der Waals surface area contributed by atoms with Gasteiger partial charge in [0.1, 0.15) is 0 Å². The summed E-state index contributed by atoms with van der Waals surface area (Å²) in [5, 5.41) is 2.24. The Morgan fingerprint density at radius 2 is 0.979 bits per heavy atom. The first kappa shape index (κ1) is 26.3. The highest BCUT2D eigenvalue weighted by molar-refractivity contribution is 5.90. The van der Waals surface area contributed by atoms with Crippen LogP contribution in [-0.2, 0) is 0 Å². The molecule has 0 spiro atoms. The molecule has 1 aromatic heterocycles. The zero-order chi connectivity index (χ0) is 36.8. The smallest absolute Gasteiger partial charge is 0.156 e. The summed E-state index contributed by atoms with van der Waals surface area (Å²) in [5.41, 5.74) is 9.98. The average Bonchev–Trinajstić information content (AvgIpc) is 3.18. The van der Waals surface area contributed by atoms with E-state index in [0.717, 1.165) is 72.7 Å². The van der Waals surface area contributed by atoms with E-state index in [1.807, 2.05) is 113 Å². The van der Waals surface area contributed by atoms with Crippen LogP contribution < -0.4 is 9.80 Å². The van der Waals surface area contributed by atoms with Crippen molar-refractivity contribution in [2.45, 2.75) is 41.5 Å². The molecule has 0 fully saturated rings. The minimum atomic E-state index is 0.312. The summed E-state index contributed by atoms with van der Waals surface area (Å²) in [6.45, 7) is 11.3. The van der Waals surface area contributed by atoms with Crippen LogP contribution in [0.2, 0.25) is 0 Å². The summed E-state index contributed by atoms with van der Waals surface area (Å²) in [4.78, 5) is 13.8. The topological polar surface area (TPSA) is 32.3 Å². The van der Waals surface area contributed by atoms with Crippen molar-refractivity contribution in [3.63, 3.8) is 0 Å². The molecule has 0 N–H and O–H groups in total. The van der Waals surface area contributed by atoms with Gasteiger partial charge in [0, 0.05) is 22.6 Å². The van der Waals surface area contributed by atoms with Gasteiger partial charge in [-0.2, -0.15) is 0 Å². The number of anilines is 6. The fourth-order valence-corrected chi connectivity index (χ4v) is 6.70. The SMILES string of the molecule is [2H]c1c(C)c([2H])c(C)c(N(c2ccc(N(c3ccc4ccccc4c3)c3cnc(-c4ccccc4)cn3)cc2)c2c(C)c([2H])c(C)c([2H])c2C)c1C. The van der Waals surface area contributed by atoms with Crippen LogP contribution in [0.5, 0.6) is 0 Å². The molecule has 7 rings (SSSR count). The number of aromatic nitrogens is 2. The summed E-state index contributed by atoms with van der Waals surface area (Å²) in [6, 6.07) is 34.0. The van der Waals surface area contributed by atoms with E-state index in [9.17, 15) is 0 Å². The third kappa shape index (κ3) is 5.93. The Labute approximate surface area is 289 Å². The van der Waals surface area contributed by atoms with Crippen molar-refractivity contribution in [3.05, 3.63) is 167 Å². The number of fused-ring (bicyclic) bond motifs is 1. The summed E-state index contributed by atoms with van der Waals surface area (Å²) in [5.74, 6) is 0.658. The molecule has 236 valence electrons. The lowest BCUT2D eigenvalue weighted by Gasteiger charge is -2.32. The molecule has 0 aliphatic rings. The highest BCUT2D eigenvalue weighted by atomic mass is 15.2. The molecular formula is C44H40N4. The number of nitrogens with zero attached hydrogens (tertiary/aromatic N) is 4. The van der Waals surface area contributed by atoms with Crippen molar-refractivity contribution in [2.75, 3.05) is 9.80 Å². The van der Waals surface area contributed by atoms with Crippen LogP contribution in [0, 0.1) is 41.5 Å². The Morgan fingerprint density at radius 3 is 1.52 bits per heavy atom. The lowest BCUT2D eigenvalue weighted by Crippen LogP contribution is -2.16. The van der Waals surface area contributed by atoms with Crippen molar-refractivity contribution in [1.82, 2.24) is 9.97 Å². The van der Waals surface area contributed by atoms with E-state index >= 15 is 0 Å². The first-order valence-electron chi connectivity index (χ1n) is 18.2. The van der Waals surface area contributed by atoms with Crippen LogP contribution in [0.4, 0.5) is 34.3 Å². The molecule has 0 saturated carbocycles. The summed E-state index contributed by atoms with van der Waals surface area (Å²) < 4.78 is 35.7. The van der Waals surface area contributed by atoms with E-state index in [-0.39, 0.29) is 0 Å². The maximum absolute atomic E-state index is 8.93. The maximum atomic E-state index is 8.93. The molecule has 4 heteroatoms. The summed E-state index contributed by atoms with van der Waals surface area (Å²) in [7, 11) is 0. The first-order chi connectivity index (χ1) is 25.0. The molecule has 0 saturated heterocycles. The molecule has 4 nitrogen and oxygen atoms in total. The van der Waals surface area contributed by atoms with Crippen LogP contribution in [0.1, 0.15) is 38.9 Å². The molecule has 0 aliphatic heterocycles. The largest absolute Gasteiger partial charge is 0.309 e. The Bertz CT molecular complexity index is 2330. The normalized spacial score (nSPS) is 12.3. The van der Waals surface area contributed by atoms with E-state index in [1.54, 1.807) is 12.4 Å². The molecule has 1 heterocycles. The Kier molecular flexibility index (Phi) is 7.03. The van der Waals surface area contributed by atoms with E-state index in [0.29, 0.717) is 41.1 Å². The minimum absolute atomic E-state index is 0.312. The number of benzene rings is 6. The molecule has 0 unspecified atom stereocenters. The predicted octanol–water partition coefficient (Wildman–Crippen LogP) is 12.1. The van der Waals surface area contributed by atoms with Crippen LogP contribution in [0.3, 0.4) is 0 Å². The second-order valence-corrected chi connectivity index (χ2v) is 12.3. The number of hydrogen-bond acceptors (Lipinski definition) is 4. The molecule has 0 radical (unpaired) electrons. The van der Waals surface area contributed by atoms with E-state index in [2.05, 4.69) is 35.2 Å². The van der Waals surface area contributed by atoms with Crippen molar-refractivity contribution >= 4 is 45.0 Å². The monoisotopic (exact) mass is 628 g/mol. The standard InChI is InChI=1S/C44H40N4/c1-29-22-31(3)43(32(4)23-29)48(44-33(5)24-30(2)25-34(44)6)39-20-18-38(19-21-39)47(40-17-16-35-12-10-11-15-37(35)26-40)42-28-45-41(27-46-42)36-13-8-7-9-14-36/h7-28H,1-6H3/i22D,23D,24D,25D. The highest BCUT2D eigenvalue weighted by Gasteiger charge is 2.22. The maximum Gasteiger partial charge on any atom is 0.156 e. The van der Waals surface area contributed by atoms with Gasteiger partial charge in [-0.1, -0.05) is 96.0 Å². The number of hydrogen-bond donors (Lipinski definition) is 0. The molecule has 0 aliphatic carbocycles. The lowest BCUT2D eigenvalue weighted by molar-refractivity contribution is 1.13. The second kappa shape index (κ2) is 12.8. The Balaban J connectivity index is 1.42.